The molecule has 0 saturated heterocycles. The molecule has 114 valence electrons. The Morgan fingerprint density at radius 1 is 1.24 bits per heavy atom. The van der Waals surface area contributed by atoms with Gasteiger partial charge in [-0.1, -0.05) is 49.3 Å². The first kappa shape index (κ1) is 15.7. The Hall–Kier alpha value is -1.72. The summed E-state index contributed by atoms with van der Waals surface area (Å²) in [6.45, 7) is 6.62. The molecule has 0 aliphatic carbocycles. The van der Waals surface area contributed by atoms with Gasteiger partial charge in [-0.3, -0.25) is 0 Å². The average Bonchev–Trinajstić information content (AvgIpc) is 3.01. The van der Waals surface area contributed by atoms with Gasteiger partial charge >= 0.3 is 0 Å². The van der Waals surface area contributed by atoms with Crippen LogP contribution in [-0.4, -0.2) is 16.7 Å². The Morgan fingerprint density at radius 2 is 1.95 bits per heavy atom. The van der Waals surface area contributed by atoms with Crippen LogP contribution < -0.4 is 5.73 Å². The average molecular weight is 289 g/mol. The van der Waals surface area contributed by atoms with E-state index in [0.29, 0.717) is 18.3 Å². The molecule has 0 spiro atoms. The van der Waals surface area contributed by atoms with Crippen molar-refractivity contribution in [3.05, 3.63) is 47.6 Å². The van der Waals surface area contributed by atoms with E-state index in [1.54, 1.807) is 0 Å². The molecular weight excluding hydrogens is 266 g/mol. The van der Waals surface area contributed by atoms with Crippen LogP contribution in [0.2, 0.25) is 0 Å². The summed E-state index contributed by atoms with van der Waals surface area (Å²) >= 11 is 0. The van der Waals surface area contributed by atoms with E-state index in [0.717, 1.165) is 12.0 Å². The van der Waals surface area contributed by atoms with Crippen LogP contribution in [0.3, 0.4) is 0 Å². The molecule has 1 heterocycles. The highest BCUT2D eigenvalue weighted by atomic mass is 16.5. The summed E-state index contributed by atoms with van der Waals surface area (Å²) in [7, 11) is 0. The zero-order valence-corrected chi connectivity index (χ0v) is 12.8. The number of aromatic nitrogens is 2. The predicted octanol–water partition coefficient (Wildman–Crippen LogP) is 3.36. The van der Waals surface area contributed by atoms with Gasteiger partial charge in [0.1, 0.15) is 6.10 Å². The molecule has 2 N–H and O–H groups in total. The smallest absolute Gasteiger partial charge is 0.231 e. The van der Waals surface area contributed by atoms with Crippen molar-refractivity contribution in [3.8, 4) is 0 Å². The van der Waals surface area contributed by atoms with Crippen molar-refractivity contribution in [2.24, 2.45) is 5.73 Å². The fourth-order valence-corrected chi connectivity index (χ4v) is 2.26. The Bertz CT molecular complexity index is 541. The van der Waals surface area contributed by atoms with Crippen LogP contribution in [0.15, 0.2) is 34.9 Å². The Labute approximate surface area is 125 Å². The zero-order chi connectivity index (χ0) is 15.2. The molecule has 0 aliphatic rings. The maximum absolute atomic E-state index is 6.29. The summed E-state index contributed by atoms with van der Waals surface area (Å²) in [6, 6.07) is 9.76. The fraction of sp³-hybridized carbons (Fsp3) is 0.500. The van der Waals surface area contributed by atoms with E-state index >= 15 is 0 Å². The molecule has 21 heavy (non-hydrogen) atoms. The highest BCUT2D eigenvalue weighted by molar-refractivity contribution is 5.21. The second-order valence-electron chi connectivity index (χ2n) is 5.07. The maximum atomic E-state index is 6.29. The molecule has 0 saturated carbocycles. The predicted molar refractivity (Wildman–Crippen MR) is 80.7 cm³/mol. The first-order valence-electron chi connectivity index (χ1n) is 7.43. The van der Waals surface area contributed by atoms with Crippen molar-refractivity contribution < 1.29 is 9.26 Å². The van der Waals surface area contributed by atoms with Gasteiger partial charge in [-0.25, -0.2) is 0 Å². The fourth-order valence-electron chi connectivity index (χ4n) is 2.26. The molecule has 3 unspecified atom stereocenters. The second-order valence-corrected chi connectivity index (χ2v) is 5.07. The SMILES string of the molecule is CCOC(CC)c1noc(C(C)C(N)c2ccccc2)n1. The van der Waals surface area contributed by atoms with Crippen molar-refractivity contribution in [3.63, 3.8) is 0 Å². The van der Waals surface area contributed by atoms with Gasteiger partial charge in [-0.15, -0.1) is 0 Å². The monoisotopic (exact) mass is 289 g/mol. The minimum absolute atomic E-state index is 0.0483. The molecule has 1 aromatic heterocycles. The van der Waals surface area contributed by atoms with Crippen LogP contribution in [0.4, 0.5) is 0 Å². The highest BCUT2D eigenvalue weighted by Crippen LogP contribution is 2.28. The lowest BCUT2D eigenvalue weighted by Gasteiger charge is -2.16. The molecule has 1 aromatic carbocycles. The number of nitrogens with two attached hydrogens (primary N) is 1. The molecule has 2 aromatic rings. The van der Waals surface area contributed by atoms with Crippen molar-refractivity contribution in [2.45, 2.75) is 45.3 Å². The van der Waals surface area contributed by atoms with Gasteiger partial charge in [0.2, 0.25) is 11.7 Å². The van der Waals surface area contributed by atoms with Crippen molar-refractivity contribution >= 4 is 0 Å². The molecule has 2 rings (SSSR count). The van der Waals surface area contributed by atoms with Gasteiger partial charge < -0.3 is 15.0 Å². The first-order chi connectivity index (χ1) is 10.2. The summed E-state index contributed by atoms with van der Waals surface area (Å²) in [5, 5.41) is 4.04. The van der Waals surface area contributed by atoms with Crippen molar-refractivity contribution in [1.29, 1.82) is 0 Å². The summed E-state index contributed by atoms with van der Waals surface area (Å²) in [5.74, 6) is 1.11. The number of benzene rings is 1. The summed E-state index contributed by atoms with van der Waals surface area (Å²) in [5.41, 5.74) is 7.35. The molecule has 0 amide bonds. The Kier molecular flexibility index (Phi) is 5.47. The van der Waals surface area contributed by atoms with Gasteiger partial charge in [0.15, 0.2) is 0 Å². The van der Waals surface area contributed by atoms with Crippen LogP contribution in [0.1, 0.15) is 62.5 Å². The lowest BCUT2D eigenvalue weighted by atomic mass is 9.95. The summed E-state index contributed by atoms with van der Waals surface area (Å²) < 4.78 is 11.0. The highest BCUT2D eigenvalue weighted by Gasteiger charge is 2.24. The van der Waals surface area contributed by atoms with E-state index in [1.165, 1.54) is 0 Å². The number of rotatable bonds is 7. The maximum Gasteiger partial charge on any atom is 0.231 e. The van der Waals surface area contributed by atoms with E-state index in [1.807, 2.05) is 51.1 Å². The number of nitrogens with zero attached hydrogens (tertiary/aromatic N) is 2. The topological polar surface area (TPSA) is 74.2 Å². The summed E-state index contributed by atoms with van der Waals surface area (Å²) in [6.07, 6.45) is 0.694. The van der Waals surface area contributed by atoms with Crippen molar-refractivity contribution in [2.75, 3.05) is 6.61 Å². The minimum atomic E-state index is -0.174. The molecule has 5 nitrogen and oxygen atoms in total. The van der Waals surface area contributed by atoms with E-state index in [-0.39, 0.29) is 18.1 Å². The van der Waals surface area contributed by atoms with Gasteiger partial charge in [0.25, 0.3) is 0 Å². The van der Waals surface area contributed by atoms with Gasteiger partial charge in [-0.05, 0) is 18.9 Å². The summed E-state index contributed by atoms with van der Waals surface area (Å²) in [4.78, 5) is 4.46. The van der Waals surface area contributed by atoms with Gasteiger partial charge in [-0.2, -0.15) is 4.98 Å². The molecule has 5 heteroatoms. The minimum Gasteiger partial charge on any atom is -0.370 e. The van der Waals surface area contributed by atoms with E-state index in [4.69, 9.17) is 15.0 Å². The largest absolute Gasteiger partial charge is 0.370 e. The zero-order valence-electron chi connectivity index (χ0n) is 12.8. The molecule has 0 bridgehead atoms. The molecule has 0 fully saturated rings. The van der Waals surface area contributed by atoms with Crippen LogP contribution in [0.5, 0.6) is 0 Å². The van der Waals surface area contributed by atoms with Crippen molar-refractivity contribution in [1.82, 2.24) is 10.1 Å². The van der Waals surface area contributed by atoms with Gasteiger partial charge in [0.05, 0.1) is 5.92 Å². The molecule has 0 radical (unpaired) electrons. The number of hydrogen-bond acceptors (Lipinski definition) is 5. The Balaban J connectivity index is 2.13. The lowest BCUT2D eigenvalue weighted by molar-refractivity contribution is 0.0518. The molecule has 0 aliphatic heterocycles. The van der Waals surface area contributed by atoms with Crippen LogP contribution in [0, 0.1) is 0 Å². The quantitative estimate of drug-likeness (QED) is 0.846. The number of ether oxygens (including phenoxy) is 1. The third-order valence-corrected chi connectivity index (χ3v) is 3.60. The van der Waals surface area contributed by atoms with E-state index in [9.17, 15) is 0 Å². The molecule has 3 atom stereocenters. The number of hydrogen-bond donors (Lipinski definition) is 1. The second kappa shape index (κ2) is 7.33. The van der Waals surface area contributed by atoms with Gasteiger partial charge in [0, 0.05) is 12.6 Å². The van der Waals surface area contributed by atoms with E-state index in [2.05, 4.69) is 10.1 Å². The normalized spacial score (nSPS) is 15.6. The third kappa shape index (κ3) is 3.68. The Morgan fingerprint density at radius 3 is 2.57 bits per heavy atom. The van der Waals surface area contributed by atoms with Crippen LogP contribution >= 0.6 is 0 Å². The van der Waals surface area contributed by atoms with Crippen LogP contribution in [0.25, 0.3) is 0 Å². The first-order valence-corrected chi connectivity index (χ1v) is 7.43. The lowest BCUT2D eigenvalue weighted by Crippen LogP contribution is -2.18. The molecular formula is C16H23N3O2. The standard InChI is InChI=1S/C16H23N3O2/c1-4-13(20-5-2)15-18-16(21-19-15)11(3)14(17)12-9-7-6-8-10-12/h6-11,13-14H,4-5,17H2,1-3H3. The van der Waals surface area contributed by atoms with Crippen LogP contribution in [-0.2, 0) is 4.74 Å². The third-order valence-electron chi connectivity index (χ3n) is 3.60. The van der Waals surface area contributed by atoms with E-state index < -0.39 is 0 Å².